The van der Waals surface area contributed by atoms with Crippen LogP contribution in [0.1, 0.15) is 25.0 Å². The first-order chi connectivity index (χ1) is 15.5. The van der Waals surface area contributed by atoms with Crippen molar-refractivity contribution in [2.45, 2.75) is 32.2 Å². The van der Waals surface area contributed by atoms with Crippen LogP contribution >= 0.6 is 0 Å². The van der Waals surface area contributed by atoms with Gasteiger partial charge in [0.05, 0.1) is 11.4 Å². The zero-order valence-corrected chi connectivity index (χ0v) is 19.4. The molecule has 4 N–H and O–H groups in total. The Bertz CT molecular complexity index is 1040. The summed E-state index contributed by atoms with van der Waals surface area (Å²) in [6.45, 7) is 6.78. The molecule has 0 fully saturated rings. The van der Waals surface area contributed by atoms with Crippen molar-refractivity contribution in [3.63, 3.8) is 0 Å². The Morgan fingerprint density at radius 3 is 2.21 bits per heavy atom. The lowest BCUT2D eigenvalue weighted by Crippen LogP contribution is -2.31. The molecule has 0 spiro atoms. The van der Waals surface area contributed by atoms with Gasteiger partial charge in [0.25, 0.3) is 0 Å². The lowest BCUT2D eigenvalue weighted by atomic mass is 10.2. The highest BCUT2D eigenvalue weighted by Gasteiger charge is 2.24. The average Bonchev–Trinajstić information content (AvgIpc) is 2.76. The number of benzene rings is 1. The summed E-state index contributed by atoms with van der Waals surface area (Å²) in [6, 6.07) is 8.68. The minimum absolute atomic E-state index is 0.112. The number of sulfonamides is 1. The number of pyridine rings is 1. The summed E-state index contributed by atoms with van der Waals surface area (Å²) in [5.41, 5.74) is 2.09. The lowest BCUT2D eigenvalue weighted by Gasteiger charge is -2.20. The van der Waals surface area contributed by atoms with Crippen LogP contribution in [0.5, 0.6) is 0 Å². The molecule has 0 saturated carbocycles. The van der Waals surface area contributed by atoms with Crippen molar-refractivity contribution in [1.82, 2.24) is 14.6 Å². The number of aryl methyl sites for hydroxylation is 1. The first kappa shape index (κ1) is 27.7. The Labute approximate surface area is 192 Å². The van der Waals surface area contributed by atoms with Crippen LogP contribution in [0.4, 0.5) is 5.69 Å². The Morgan fingerprint density at radius 1 is 1.06 bits per heavy atom. The number of carboxylic acids is 2. The van der Waals surface area contributed by atoms with Gasteiger partial charge in [-0.2, -0.15) is 4.31 Å². The number of aromatic nitrogens is 1. The Hall–Kier alpha value is -3.35. The van der Waals surface area contributed by atoms with Crippen LogP contribution in [0.15, 0.2) is 47.6 Å². The molecule has 2 aromatic rings. The molecule has 2 rings (SSSR count). The molecule has 1 amide bonds. The van der Waals surface area contributed by atoms with E-state index in [1.54, 1.807) is 45.3 Å². The van der Waals surface area contributed by atoms with Crippen molar-refractivity contribution in [2.75, 3.05) is 25.0 Å². The summed E-state index contributed by atoms with van der Waals surface area (Å²) in [7, 11) is -3.58. The highest BCUT2D eigenvalue weighted by molar-refractivity contribution is 7.89. The molecule has 1 aromatic heterocycles. The number of hydrogen-bond acceptors (Lipinski definition) is 7. The van der Waals surface area contributed by atoms with Gasteiger partial charge < -0.3 is 20.8 Å². The number of nitrogens with zero attached hydrogens (tertiary/aromatic N) is 2. The monoisotopic (exact) mass is 480 g/mol. The van der Waals surface area contributed by atoms with Crippen LogP contribution in [0.3, 0.4) is 0 Å². The molecular formula is C21H28N4O7S. The maximum Gasteiger partial charge on any atom is 0.414 e. The average molecular weight is 481 g/mol. The van der Waals surface area contributed by atoms with Gasteiger partial charge in [-0.1, -0.05) is 26.0 Å². The molecule has 11 nitrogen and oxygen atoms in total. The van der Waals surface area contributed by atoms with E-state index in [-0.39, 0.29) is 17.3 Å². The van der Waals surface area contributed by atoms with Crippen molar-refractivity contribution in [3.05, 3.63) is 53.9 Å². The number of carbonyl (C=O) groups excluding carboxylic acids is 1. The molecular weight excluding hydrogens is 452 g/mol. The molecule has 0 aliphatic heterocycles. The van der Waals surface area contributed by atoms with Gasteiger partial charge in [0.2, 0.25) is 15.9 Å². The molecule has 1 heterocycles. The van der Waals surface area contributed by atoms with Crippen LogP contribution in [0.25, 0.3) is 0 Å². The number of carbonyl (C=O) groups is 3. The van der Waals surface area contributed by atoms with Crippen molar-refractivity contribution < 1.29 is 33.0 Å². The zero-order valence-electron chi connectivity index (χ0n) is 18.6. The predicted molar refractivity (Wildman–Crippen MR) is 121 cm³/mol. The Balaban J connectivity index is 0.000000801. The maximum absolute atomic E-state index is 12.8. The largest absolute Gasteiger partial charge is 0.473 e. The molecule has 0 saturated heterocycles. The fourth-order valence-electron chi connectivity index (χ4n) is 2.69. The summed E-state index contributed by atoms with van der Waals surface area (Å²) in [4.78, 5) is 34.6. The summed E-state index contributed by atoms with van der Waals surface area (Å²) < 4.78 is 27.0. The quantitative estimate of drug-likeness (QED) is 0.387. The van der Waals surface area contributed by atoms with Gasteiger partial charge in [-0.15, -0.1) is 0 Å². The van der Waals surface area contributed by atoms with E-state index in [9.17, 15) is 13.2 Å². The van der Waals surface area contributed by atoms with E-state index in [1.807, 2.05) is 12.1 Å². The number of anilines is 1. The molecule has 0 aliphatic carbocycles. The van der Waals surface area contributed by atoms with Gasteiger partial charge in [-0.25, -0.2) is 18.0 Å². The SMILES string of the molecule is CCN(CC)S(=O)(=O)c1cc(NC(=O)CNCc2cccnc2)ccc1C.O=C(O)C(=O)O. The summed E-state index contributed by atoms with van der Waals surface area (Å²) >= 11 is 0. The van der Waals surface area contributed by atoms with E-state index in [1.165, 1.54) is 10.4 Å². The highest BCUT2D eigenvalue weighted by Crippen LogP contribution is 2.23. The highest BCUT2D eigenvalue weighted by atomic mass is 32.2. The van der Waals surface area contributed by atoms with E-state index < -0.39 is 22.0 Å². The zero-order chi connectivity index (χ0) is 25.0. The van der Waals surface area contributed by atoms with E-state index in [0.29, 0.717) is 30.9 Å². The van der Waals surface area contributed by atoms with Crippen LogP contribution in [-0.4, -0.2) is 65.4 Å². The van der Waals surface area contributed by atoms with Crippen LogP contribution in [-0.2, 0) is 31.0 Å². The second kappa shape index (κ2) is 13.3. The number of nitrogens with one attached hydrogen (secondary N) is 2. The summed E-state index contributed by atoms with van der Waals surface area (Å²) in [5, 5.41) is 20.6. The number of aliphatic carboxylic acids is 2. The molecule has 0 radical (unpaired) electrons. The second-order valence-electron chi connectivity index (χ2n) is 6.69. The van der Waals surface area contributed by atoms with Gasteiger partial charge in [0, 0.05) is 37.7 Å². The third kappa shape index (κ3) is 8.96. The fraction of sp³-hybridized carbons (Fsp3) is 0.333. The minimum atomic E-state index is -3.58. The van der Waals surface area contributed by atoms with Gasteiger partial charge in [0.1, 0.15) is 0 Å². The number of rotatable bonds is 9. The molecule has 12 heteroatoms. The molecule has 0 unspecified atom stereocenters. The third-order valence-corrected chi connectivity index (χ3v) is 6.51. The first-order valence-electron chi connectivity index (χ1n) is 9.99. The minimum Gasteiger partial charge on any atom is -0.473 e. The van der Waals surface area contributed by atoms with Crippen molar-refractivity contribution >= 4 is 33.6 Å². The van der Waals surface area contributed by atoms with Gasteiger partial charge >= 0.3 is 11.9 Å². The van der Waals surface area contributed by atoms with E-state index in [4.69, 9.17) is 19.8 Å². The summed E-state index contributed by atoms with van der Waals surface area (Å²) in [6.07, 6.45) is 3.42. The third-order valence-electron chi connectivity index (χ3n) is 4.32. The van der Waals surface area contributed by atoms with Gasteiger partial charge in [-0.05, 0) is 36.2 Å². The number of carboxylic acid groups (broad SMARTS) is 2. The number of hydrogen-bond donors (Lipinski definition) is 4. The lowest BCUT2D eigenvalue weighted by molar-refractivity contribution is -0.159. The molecule has 180 valence electrons. The van der Waals surface area contributed by atoms with Gasteiger partial charge in [-0.3, -0.25) is 9.78 Å². The topological polar surface area (TPSA) is 166 Å². The van der Waals surface area contributed by atoms with E-state index >= 15 is 0 Å². The molecule has 1 aromatic carbocycles. The normalized spacial score (nSPS) is 10.8. The maximum atomic E-state index is 12.8. The molecule has 0 atom stereocenters. The summed E-state index contributed by atoms with van der Waals surface area (Å²) in [5.74, 6) is -3.89. The predicted octanol–water partition coefficient (Wildman–Crippen LogP) is 1.30. The van der Waals surface area contributed by atoms with Gasteiger partial charge in [0.15, 0.2) is 0 Å². The fourth-order valence-corrected chi connectivity index (χ4v) is 4.40. The second-order valence-corrected chi connectivity index (χ2v) is 8.60. The van der Waals surface area contributed by atoms with E-state index in [0.717, 1.165) is 5.56 Å². The van der Waals surface area contributed by atoms with Crippen molar-refractivity contribution in [3.8, 4) is 0 Å². The van der Waals surface area contributed by atoms with E-state index in [2.05, 4.69) is 15.6 Å². The standard InChI is InChI=1S/C19H26N4O3S.C2H2O4/c1-4-23(5-2)27(25,26)18-11-17(9-8-15(18)3)22-19(24)14-21-13-16-7-6-10-20-12-16;3-1(4)2(5)6/h6-12,21H,4-5,13-14H2,1-3H3,(H,22,24);(H,3,4)(H,5,6). The smallest absolute Gasteiger partial charge is 0.414 e. The van der Waals surface area contributed by atoms with Crippen LogP contribution in [0, 0.1) is 6.92 Å². The van der Waals surface area contributed by atoms with Crippen molar-refractivity contribution in [2.24, 2.45) is 0 Å². The van der Waals surface area contributed by atoms with Crippen molar-refractivity contribution in [1.29, 1.82) is 0 Å². The van der Waals surface area contributed by atoms with Crippen LogP contribution < -0.4 is 10.6 Å². The molecule has 0 bridgehead atoms. The van der Waals surface area contributed by atoms with Crippen LogP contribution in [0.2, 0.25) is 0 Å². The number of amides is 1. The first-order valence-corrected chi connectivity index (χ1v) is 11.4. The Morgan fingerprint density at radius 2 is 1.70 bits per heavy atom. The Kier molecular flexibility index (Phi) is 11.1. The molecule has 0 aliphatic rings. The molecule has 33 heavy (non-hydrogen) atoms.